The summed E-state index contributed by atoms with van der Waals surface area (Å²) in [4.78, 5) is 0. The second kappa shape index (κ2) is 11.4. The van der Waals surface area contributed by atoms with Crippen molar-refractivity contribution in [2.45, 2.75) is 6.61 Å². The Labute approximate surface area is 195 Å². The van der Waals surface area contributed by atoms with E-state index in [4.69, 9.17) is 9.84 Å². The lowest BCUT2D eigenvalue weighted by molar-refractivity contribution is 0.305. The zero-order valence-corrected chi connectivity index (χ0v) is 18.3. The molecule has 0 bridgehead atoms. The molecule has 5 rings (SSSR count). The van der Waals surface area contributed by atoms with Crippen molar-refractivity contribution in [2.75, 3.05) is 0 Å². The second-order valence-corrected chi connectivity index (χ2v) is 7.58. The van der Waals surface area contributed by atoms with E-state index >= 15 is 0 Å². The summed E-state index contributed by atoms with van der Waals surface area (Å²) in [7, 11) is 0. The third-order valence-electron chi connectivity index (χ3n) is 5.16. The van der Waals surface area contributed by atoms with Crippen LogP contribution >= 0.6 is 0 Å². The maximum absolute atomic E-state index is 9.09. The van der Waals surface area contributed by atoms with Crippen molar-refractivity contribution in [3.63, 3.8) is 0 Å². The van der Waals surface area contributed by atoms with Crippen molar-refractivity contribution in [1.29, 1.82) is 0 Å². The number of rotatable bonds is 5. The molecule has 0 aliphatic heterocycles. The van der Waals surface area contributed by atoms with Crippen molar-refractivity contribution in [3.8, 4) is 33.8 Å². The van der Waals surface area contributed by atoms with Crippen molar-refractivity contribution in [2.24, 2.45) is 0 Å². The minimum atomic E-state index is 0.252. The van der Waals surface area contributed by atoms with Crippen molar-refractivity contribution in [3.05, 3.63) is 145 Å². The average molecular weight is 431 g/mol. The Balaban J connectivity index is 0.000000160. The highest BCUT2D eigenvalue weighted by Gasteiger charge is 2.00. The van der Waals surface area contributed by atoms with Crippen molar-refractivity contribution in [1.82, 2.24) is 0 Å². The number of benzene rings is 5. The fourth-order valence-electron chi connectivity index (χ4n) is 3.42. The maximum atomic E-state index is 9.09. The Morgan fingerprint density at radius 3 is 1.42 bits per heavy atom. The van der Waals surface area contributed by atoms with Gasteiger partial charge in [0.2, 0.25) is 0 Å². The Morgan fingerprint density at radius 1 is 0.455 bits per heavy atom. The minimum Gasteiger partial charge on any atom is -0.508 e. The van der Waals surface area contributed by atoms with Gasteiger partial charge in [-0.3, -0.25) is 0 Å². The lowest BCUT2D eigenvalue weighted by atomic mass is 9.99. The van der Waals surface area contributed by atoms with Crippen LogP contribution in [0.15, 0.2) is 140 Å². The molecule has 33 heavy (non-hydrogen) atoms. The summed E-state index contributed by atoms with van der Waals surface area (Å²) in [5, 5.41) is 9.09. The van der Waals surface area contributed by atoms with Gasteiger partial charge in [-0.2, -0.15) is 0 Å². The smallest absolute Gasteiger partial charge is 0.120 e. The van der Waals surface area contributed by atoms with Crippen LogP contribution in [0.1, 0.15) is 5.56 Å². The molecular weight excluding hydrogens is 404 g/mol. The van der Waals surface area contributed by atoms with Gasteiger partial charge in [-0.05, 0) is 58.1 Å². The van der Waals surface area contributed by atoms with E-state index in [-0.39, 0.29) is 5.75 Å². The molecule has 2 nitrogen and oxygen atoms in total. The molecule has 5 aromatic carbocycles. The van der Waals surface area contributed by atoms with Gasteiger partial charge in [0.25, 0.3) is 0 Å². The number of phenols is 1. The standard InChI is InChI=1S/C18H14.C13H12O2/c1-3-8-15(9-4-1)17-12-7-13-18(14-17)16-10-5-2-6-11-16;14-12-6-8-13(9-7-12)15-10-11-4-2-1-3-5-11/h1-14H;1-9,14H,10H2. The van der Waals surface area contributed by atoms with Crippen LogP contribution in [0.4, 0.5) is 0 Å². The summed E-state index contributed by atoms with van der Waals surface area (Å²) in [5.41, 5.74) is 6.17. The summed E-state index contributed by atoms with van der Waals surface area (Å²) >= 11 is 0. The van der Waals surface area contributed by atoms with Crippen LogP contribution in [0.5, 0.6) is 11.5 Å². The first-order valence-electron chi connectivity index (χ1n) is 10.9. The molecule has 0 saturated carbocycles. The molecular formula is C31H26O2. The maximum Gasteiger partial charge on any atom is 0.120 e. The monoisotopic (exact) mass is 430 g/mol. The van der Waals surface area contributed by atoms with Crippen LogP contribution in [-0.4, -0.2) is 5.11 Å². The molecule has 0 atom stereocenters. The second-order valence-electron chi connectivity index (χ2n) is 7.58. The largest absolute Gasteiger partial charge is 0.508 e. The number of aromatic hydroxyl groups is 1. The molecule has 1 N–H and O–H groups in total. The Bertz CT molecular complexity index is 1180. The summed E-state index contributed by atoms with van der Waals surface area (Å²) in [5.74, 6) is 1.01. The molecule has 0 unspecified atom stereocenters. The molecule has 0 radical (unpaired) electrons. The van der Waals surface area contributed by atoms with E-state index in [1.54, 1.807) is 24.3 Å². The number of hydrogen-bond acceptors (Lipinski definition) is 2. The summed E-state index contributed by atoms with van der Waals surface area (Å²) < 4.78 is 5.54. The van der Waals surface area contributed by atoms with Gasteiger partial charge in [-0.15, -0.1) is 0 Å². The topological polar surface area (TPSA) is 29.5 Å². The van der Waals surface area contributed by atoms with E-state index in [2.05, 4.69) is 72.8 Å². The van der Waals surface area contributed by atoms with E-state index < -0.39 is 0 Å². The zero-order valence-electron chi connectivity index (χ0n) is 18.3. The summed E-state index contributed by atoms with van der Waals surface area (Å²) in [6.07, 6.45) is 0. The van der Waals surface area contributed by atoms with Crippen molar-refractivity contribution >= 4 is 0 Å². The van der Waals surface area contributed by atoms with Gasteiger partial charge in [0.15, 0.2) is 0 Å². The molecule has 0 aliphatic rings. The van der Waals surface area contributed by atoms with E-state index in [1.807, 2.05) is 42.5 Å². The molecule has 5 aromatic rings. The van der Waals surface area contributed by atoms with E-state index in [0.717, 1.165) is 11.3 Å². The third-order valence-corrected chi connectivity index (χ3v) is 5.16. The molecule has 0 amide bonds. The van der Waals surface area contributed by atoms with Crippen LogP contribution in [0, 0.1) is 0 Å². The van der Waals surface area contributed by atoms with Crippen LogP contribution in [-0.2, 0) is 6.61 Å². The van der Waals surface area contributed by atoms with E-state index in [0.29, 0.717) is 6.61 Å². The number of phenolic OH excluding ortho intramolecular Hbond substituents is 1. The van der Waals surface area contributed by atoms with E-state index in [9.17, 15) is 0 Å². The first-order chi connectivity index (χ1) is 16.3. The Morgan fingerprint density at radius 2 is 0.909 bits per heavy atom. The minimum absolute atomic E-state index is 0.252. The highest BCUT2D eigenvalue weighted by Crippen LogP contribution is 2.26. The molecule has 0 heterocycles. The zero-order chi connectivity index (χ0) is 22.7. The number of ether oxygens (including phenoxy) is 1. The third kappa shape index (κ3) is 6.59. The molecule has 2 heteroatoms. The molecule has 162 valence electrons. The normalized spacial score (nSPS) is 10.1. The first kappa shape index (κ1) is 21.9. The lowest BCUT2D eigenvalue weighted by Gasteiger charge is -2.05. The van der Waals surface area contributed by atoms with Crippen LogP contribution in [0.25, 0.3) is 22.3 Å². The van der Waals surface area contributed by atoms with Gasteiger partial charge >= 0.3 is 0 Å². The molecule has 0 aliphatic carbocycles. The summed E-state index contributed by atoms with van der Waals surface area (Å²) in [6.45, 7) is 0.547. The Hall–Kier alpha value is -4.30. The van der Waals surface area contributed by atoms with E-state index in [1.165, 1.54) is 22.3 Å². The molecule has 0 spiro atoms. The van der Waals surface area contributed by atoms with Gasteiger partial charge < -0.3 is 9.84 Å². The van der Waals surface area contributed by atoms with Crippen LogP contribution in [0.3, 0.4) is 0 Å². The summed E-state index contributed by atoms with van der Waals surface area (Å²) in [6, 6.07) is 46.3. The SMILES string of the molecule is Oc1ccc(OCc2ccccc2)cc1.c1ccc(-c2cccc(-c3ccccc3)c2)cc1. The molecule has 0 aromatic heterocycles. The number of hydrogen-bond donors (Lipinski definition) is 1. The fraction of sp³-hybridized carbons (Fsp3) is 0.0323. The molecule has 0 fully saturated rings. The highest BCUT2D eigenvalue weighted by atomic mass is 16.5. The fourth-order valence-corrected chi connectivity index (χ4v) is 3.42. The van der Waals surface area contributed by atoms with Gasteiger partial charge in [0, 0.05) is 0 Å². The average Bonchev–Trinajstić information content (AvgIpc) is 2.90. The van der Waals surface area contributed by atoms with Gasteiger partial charge in [-0.25, -0.2) is 0 Å². The Kier molecular flexibility index (Phi) is 7.54. The predicted molar refractivity (Wildman–Crippen MR) is 136 cm³/mol. The quantitative estimate of drug-likeness (QED) is 0.306. The van der Waals surface area contributed by atoms with Gasteiger partial charge in [0.1, 0.15) is 18.1 Å². The highest BCUT2D eigenvalue weighted by molar-refractivity contribution is 5.72. The van der Waals surface area contributed by atoms with Crippen molar-refractivity contribution < 1.29 is 9.84 Å². The van der Waals surface area contributed by atoms with Crippen LogP contribution < -0.4 is 4.74 Å². The molecule has 0 saturated heterocycles. The predicted octanol–water partition coefficient (Wildman–Crippen LogP) is 7.99. The van der Waals surface area contributed by atoms with Crippen LogP contribution in [0.2, 0.25) is 0 Å². The van der Waals surface area contributed by atoms with Gasteiger partial charge in [-0.1, -0.05) is 109 Å². The van der Waals surface area contributed by atoms with Gasteiger partial charge in [0.05, 0.1) is 0 Å². The lowest BCUT2D eigenvalue weighted by Crippen LogP contribution is -1.94. The first-order valence-corrected chi connectivity index (χ1v) is 10.9.